The molecule has 2 aromatic carbocycles. The van der Waals surface area contributed by atoms with Crippen LogP contribution in [0, 0.1) is 0 Å². The van der Waals surface area contributed by atoms with Gasteiger partial charge in [-0.05, 0) is 55.3 Å². The lowest BCUT2D eigenvalue weighted by molar-refractivity contribution is -0.120. The van der Waals surface area contributed by atoms with E-state index in [1.807, 2.05) is 37.3 Å². The Morgan fingerprint density at radius 1 is 1.21 bits per heavy atom. The highest BCUT2D eigenvalue weighted by atomic mass is 79.9. The fraction of sp³-hybridized carbons (Fsp3) is 0.222. The van der Waals surface area contributed by atoms with Crippen LogP contribution in [0.3, 0.4) is 0 Å². The van der Waals surface area contributed by atoms with Gasteiger partial charge in [0.05, 0.1) is 5.25 Å². The van der Waals surface area contributed by atoms with Crippen molar-refractivity contribution in [1.82, 2.24) is 5.32 Å². The second-order valence-corrected chi connectivity index (χ2v) is 7.65. The van der Waals surface area contributed by atoms with Gasteiger partial charge in [-0.25, -0.2) is 0 Å². The van der Waals surface area contributed by atoms with Gasteiger partial charge in [-0.3, -0.25) is 9.59 Å². The Labute approximate surface area is 154 Å². The number of primary amides is 1. The Bertz CT molecular complexity index is 719. The summed E-state index contributed by atoms with van der Waals surface area (Å²) < 4.78 is 1.02. The molecule has 0 radical (unpaired) electrons. The first-order chi connectivity index (χ1) is 11.5. The smallest absolute Gasteiger partial charge is 0.248 e. The van der Waals surface area contributed by atoms with Gasteiger partial charge in [0, 0.05) is 21.5 Å². The van der Waals surface area contributed by atoms with Crippen LogP contribution in [-0.4, -0.2) is 23.6 Å². The fourth-order valence-electron chi connectivity index (χ4n) is 2.12. The molecule has 3 N–H and O–H groups in total. The van der Waals surface area contributed by atoms with E-state index >= 15 is 0 Å². The number of amides is 2. The van der Waals surface area contributed by atoms with E-state index in [0.717, 1.165) is 14.9 Å². The first kappa shape index (κ1) is 18.5. The summed E-state index contributed by atoms with van der Waals surface area (Å²) in [6.45, 7) is 2.40. The molecule has 4 nitrogen and oxygen atoms in total. The van der Waals surface area contributed by atoms with Crippen LogP contribution in [0.5, 0.6) is 0 Å². The Morgan fingerprint density at radius 3 is 2.58 bits per heavy atom. The molecule has 1 atom stereocenters. The van der Waals surface area contributed by atoms with Gasteiger partial charge in [0.1, 0.15) is 0 Å². The zero-order valence-corrected chi connectivity index (χ0v) is 15.7. The second-order valence-electron chi connectivity index (χ2n) is 5.32. The largest absolute Gasteiger partial charge is 0.366 e. The highest BCUT2D eigenvalue weighted by Crippen LogP contribution is 2.24. The minimum absolute atomic E-state index is 0.00558. The minimum Gasteiger partial charge on any atom is -0.366 e. The predicted molar refractivity (Wildman–Crippen MR) is 101 cm³/mol. The molecule has 0 bridgehead atoms. The molecular weight excluding hydrogens is 388 g/mol. The number of rotatable bonds is 7. The molecule has 24 heavy (non-hydrogen) atoms. The normalized spacial score (nSPS) is 11.8. The van der Waals surface area contributed by atoms with Crippen LogP contribution in [0.15, 0.2) is 57.9 Å². The Hall–Kier alpha value is -1.79. The Morgan fingerprint density at radius 2 is 1.92 bits per heavy atom. The van der Waals surface area contributed by atoms with Crippen LogP contribution in [0.2, 0.25) is 0 Å². The molecule has 0 spiro atoms. The van der Waals surface area contributed by atoms with Gasteiger partial charge in [0.2, 0.25) is 11.8 Å². The van der Waals surface area contributed by atoms with Crippen molar-refractivity contribution in [2.75, 3.05) is 6.54 Å². The first-order valence-corrected chi connectivity index (χ1v) is 9.21. The summed E-state index contributed by atoms with van der Waals surface area (Å²) in [4.78, 5) is 24.4. The van der Waals surface area contributed by atoms with Crippen molar-refractivity contribution >= 4 is 39.5 Å². The topological polar surface area (TPSA) is 72.2 Å². The Balaban J connectivity index is 1.81. The summed E-state index contributed by atoms with van der Waals surface area (Å²) >= 11 is 4.91. The summed E-state index contributed by atoms with van der Waals surface area (Å²) in [6.07, 6.45) is 0.655. The minimum atomic E-state index is -0.444. The zero-order valence-electron chi connectivity index (χ0n) is 13.3. The van der Waals surface area contributed by atoms with Gasteiger partial charge < -0.3 is 11.1 Å². The molecule has 126 valence electrons. The van der Waals surface area contributed by atoms with Gasteiger partial charge in [0.25, 0.3) is 0 Å². The molecule has 2 amide bonds. The molecular formula is C18H19BrN2O2S. The standard InChI is InChI=1S/C18H19BrN2O2S/c1-12(24-16-7-5-15(19)6-8-16)18(23)21-10-9-13-3-2-4-14(11-13)17(20)22/h2-8,11-12H,9-10H2,1H3,(H2,20,22)(H,21,23). The maximum atomic E-state index is 12.2. The average molecular weight is 407 g/mol. The van der Waals surface area contributed by atoms with Crippen molar-refractivity contribution in [2.24, 2.45) is 5.73 Å². The van der Waals surface area contributed by atoms with E-state index in [0.29, 0.717) is 18.5 Å². The molecule has 0 fully saturated rings. The summed E-state index contributed by atoms with van der Waals surface area (Å²) in [5.74, 6) is -0.450. The molecule has 2 rings (SSSR count). The summed E-state index contributed by atoms with van der Waals surface area (Å²) in [7, 11) is 0. The van der Waals surface area contributed by atoms with Crippen LogP contribution in [0.4, 0.5) is 0 Å². The first-order valence-electron chi connectivity index (χ1n) is 7.54. The van der Waals surface area contributed by atoms with Crippen molar-refractivity contribution in [1.29, 1.82) is 0 Å². The number of nitrogens with two attached hydrogens (primary N) is 1. The molecule has 0 aliphatic carbocycles. The van der Waals surface area contributed by atoms with E-state index in [-0.39, 0.29) is 11.2 Å². The summed E-state index contributed by atoms with van der Waals surface area (Å²) in [5.41, 5.74) is 6.72. The maximum Gasteiger partial charge on any atom is 0.248 e. The van der Waals surface area contributed by atoms with Crippen LogP contribution < -0.4 is 11.1 Å². The third-order valence-corrected chi connectivity index (χ3v) is 5.06. The van der Waals surface area contributed by atoms with Gasteiger partial charge >= 0.3 is 0 Å². The van der Waals surface area contributed by atoms with Crippen molar-refractivity contribution < 1.29 is 9.59 Å². The lowest BCUT2D eigenvalue weighted by Crippen LogP contribution is -2.32. The number of thioether (sulfide) groups is 1. The fourth-order valence-corrected chi connectivity index (χ4v) is 3.28. The third kappa shape index (κ3) is 5.69. The number of halogens is 1. The molecule has 0 saturated carbocycles. The monoisotopic (exact) mass is 406 g/mol. The van der Waals surface area contributed by atoms with Crippen LogP contribution in [0.25, 0.3) is 0 Å². The van der Waals surface area contributed by atoms with Crippen molar-refractivity contribution in [2.45, 2.75) is 23.5 Å². The summed E-state index contributed by atoms with van der Waals surface area (Å²) in [5, 5.41) is 2.75. The number of benzene rings is 2. The van der Waals surface area contributed by atoms with Gasteiger partial charge in [-0.15, -0.1) is 11.8 Å². The molecule has 2 aromatic rings. The van der Waals surface area contributed by atoms with E-state index < -0.39 is 5.91 Å². The molecule has 0 saturated heterocycles. The van der Waals surface area contributed by atoms with E-state index in [2.05, 4.69) is 21.2 Å². The number of nitrogens with one attached hydrogen (secondary N) is 1. The summed E-state index contributed by atoms with van der Waals surface area (Å²) in [6, 6.07) is 15.0. The number of hydrogen-bond acceptors (Lipinski definition) is 3. The molecule has 0 heterocycles. The molecule has 0 aliphatic rings. The highest BCUT2D eigenvalue weighted by molar-refractivity contribution is 9.10. The number of hydrogen-bond donors (Lipinski definition) is 2. The van der Waals surface area contributed by atoms with Crippen molar-refractivity contribution in [3.05, 3.63) is 64.1 Å². The zero-order chi connectivity index (χ0) is 17.5. The van der Waals surface area contributed by atoms with E-state index in [1.54, 1.807) is 18.2 Å². The number of carbonyl (C=O) groups excluding carboxylic acids is 2. The van der Waals surface area contributed by atoms with Crippen LogP contribution in [-0.2, 0) is 11.2 Å². The quantitative estimate of drug-likeness (QED) is 0.692. The van der Waals surface area contributed by atoms with Gasteiger partial charge in [-0.1, -0.05) is 28.1 Å². The van der Waals surface area contributed by atoms with Gasteiger partial charge in [0.15, 0.2) is 0 Å². The Kier molecular flexibility index (Phi) is 6.87. The SMILES string of the molecule is CC(Sc1ccc(Br)cc1)C(=O)NCCc1cccc(C(N)=O)c1. The van der Waals surface area contributed by atoms with Crippen LogP contribution in [0.1, 0.15) is 22.8 Å². The molecule has 6 heteroatoms. The lowest BCUT2D eigenvalue weighted by Gasteiger charge is -2.12. The molecule has 0 aromatic heterocycles. The predicted octanol–water partition coefficient (Wildman–Crippen LogP) is 3.39. The molecule has 1 unspecified atom stereocenters. The van der Waals surface area contributed by atoms with Crippen molar-refractivity contribution in [3.8, 4) is 0 Å². The molecule has 0 aliphatic heterocycles. The van der Waals surface area contributed by atoms with E-state index in [4.69, 9.17) is 5.73 Å². The number of carbonyl (C=O) groups is 2. The highest BCUT2D eigenvalue weighted by Gasteiger charge is 2.13. The average Bonchev–Trinajstić information content (AvgIpc) is 2.57. The third-order valence-electron chi connectivity index (χ3n) is 3.42. The lowest BCUT2D eigenvalue weighted by atomic mass is 10.1. The van der Waals surface area contributed by atoms with E-state index in [9.17, 15) is 9.59 Å². The van der Waals surface area contributed by atoms with E-state index in [1.165, 1.54) is 11.8 Å². The second kappa shape index (κ2) is 8.89. The van der Waals surface area contributed by atoms with Crippen molar-refractivity contribution in [3.63, 3.8) is 0 Å². The van der Waals surface area contributed by atoms with Crippen LogP contribution >= 0.6 is 27.7 Å². The van der Waals surface area contributed by atoms with Gasteiger partial charge in [-0.2, -0.15) is 0 Å². The maximum absolute atomic E-state index is 12.2.